The summed E-state index contributed by atoms with van der Waals surface area (Å²) < 4.78 is 0.883. The number of hydrogen-bond acceptors (Lipinski definition) is 5. The first-order chi connectivity index (χ1) is 9.71. The molecular formula is C14H13BrN4S. The van der Waals surface area contributed by atoms with Crippen molar-refractivity contribution in [1.82, 2.24) is 15.2 Å². The van der Waals surface area contributed by atoms with E-state index >= 15 is 0 Å². The van der Waals surface area contributed by atoms with Crippen molar-refractivity contribution in [3.8, 4) is 6.07 Å². The van der Waals surface area contributed by atoms with E-state index < -0.39 is 0 Å². The molecule has 0 fully saturated rings. The fourth-order valence-corrected chi connectivity index (χ4v) is 3.19. The Labute approximate surface area is 130 Å². The topological polar surface area (TPSA) is 62.5 Å². The van der Waals surface area contributed by atoms with Crippen LogP contribution in [0.1, 0.15) is 30.7 Å². The van der Waals surface area contributed by atoms with Gasteiger partial charge in [-0.05, 0) is 58.2 Å². The van der Waals surface area contributed by atoms with Crippen LogP contribution in [0.25, 0.3) is 0 Å². The van der Waals surface area contributed by atoms with Gasteiger partial charge in [-0.15, -0.1) is 5.10 Å². The van der Waals surface area contributed by atoms with E-state index in [1.54, 1.807) is 6.20 Å². The predicted molar refractivity (Wildman–Crippen MR) is 81.6 cm³/mol. The maximum Gasteiger partial charge on any atom is 0.143 e. The first kappa shape index (κ1) is 14.9. The molecule has 102 valence electrons. The lowest BCUT2D eigenvalue weighted by Gasteiger charge is -2.10. The molecule has 0 aliphatic carbocycles. The van der Waals surface area contributed by atoms with E-state index in [0.717, 1.165) is 33.6 Å². The molecule has 2 heterocycles. The second-order valence-electron chi connectivity index (χ2n) is 4.02. The zero-order valence-electron chi connectivity index (χ0n) is 11.2. The highest BCUT2D eigenvalue weighted by molar-refractivity contribution is 9.10. The molecule has 0 atom stereocenters. The van der Waals surface area contributed by atoms with Crippen LogP contribution in [0.15, 0.2) is 32.9 Å². The van der Waals surface area contributed by atoms with E-state index in [-0.39, 0.29) is 0 Å². The third-order valence-corrected chi connectivity index (χ3v) is 4.74. The Bertz CT molecular complexity index is 667. The maximum atomic E-state index is 9.43. The summed E-state index contributed by atoms with van der Waals surface area (Å²) in [5.74, 6) is 0. The Morgan fingerprint density at radius 1 is 1.25 bits per heavy atom. The summed E-state index contributed by atoms with van der Waals surface area (Å²) in [4.78, 5) is 4.29. The zero-order valence-corrected chi connectivity index (χ0v) is 13.6. The highest BCUT2D eigenvalue weighted by Crippen LogP contribution is 2.33. The number of rotatable bonds is 4. The SMILES string of the molecule is CCc1nnc(Sc2ncccc2Br)c(C#N)c1CC. The van der Waals surface area contributed by atoms with Crippen LogP contribution in [0.5, 0.6) is 0 Å². The van der Waals surface area contributed by atoms with Gasteiger partial charge < -0.3 is 0 Å². The minimum Gasteiger partial charge on any atom is -0.248 e. The van der Waals surface area contributed by atoms with Crippen molar-refractivity contribution in [2.75, 3.05) is 0 Å². The van der Waals surface area contributed by atoms with E-state index in [2.05, 4.69) is 37.2 Å². The average Bonchev–Trinajstić information content (AvgIpc) is 2.48. The molecule has 6 heteroatoms. The molecule has 0 unspecified atom stereocenters. The Balaban J connectivity index is 2.48. The van der Waals surface area contributed by atoms with E-state index in [1.165, 1.54) is 11.8 Å². The predicted octanol–water partition coefficient (Wildman–Crippen LogP) is 3.78. The van der Waals surface area contributed by atoms with Gasteiger partial charge in [0.2, 0.25) is 0 Å². The molecule has 2 rings (SSSR count). The largest absolute Gasteiger partial charge is 0.248 e. The van der Waals surface area contributed by atoms with Crippen LogP contribution in [0.4, 0.5) is 0 Å². The molecular weight excluding hydrogens is 336 g/mol. The molecule has 0 bridgehead atoms. The van der Waals surface area contributed by atoms with Crippen LogP contribution in [0.2, 0.25) is 0 Å². The number of hydrogen-bond donors (Lipinski definition) is 0. The molecule has 0 saturated heterocycles. The third kappa shape index (κ3) is 3.00. The van der Waals surface area contributed by atoms with Gasteiger partial charge in [-0.3, -0.25) is 0 Å². The highest BCUT2D eigenvalue weighted by Gasteiger charge is 2.16. The van der Waals surface area contributed by atoms with Crippen LogP contribution in [-0.4, -0.2) is 15.2 Å². The van der Waals surface area contributed by atoms with Crippen molar-refractivity contribution < 1.29 is 0 Å². The van der Waals surface area contributed by atoms with Crippen LogP contribution >= 0.6 is 27.7 Å². The van der Waals surface area contributed by atoms with Gasteiger partial charge in [0.1, 0.15) is 16.1 Å². The van der Waals surface area contributed by atoms with Crippen molar-refractivity contribution in [2.45, 2.75) is 36.7 Å². The number of nitrogens with zero attached hydrogens (tertiary/aromatic N) is 4. The molecule has 0 N–H and O–H groups in total. The fourth-order valence-electron chi connectivity index (χ4n) is 1.88. The molecule has 0 aliphatic heterocycles. The summed E-state index contributed by atoms with van der Waals surface area (Å²) in [5.41, 5.74) is 2.50. The molecule has 0 aliphatic rings. The van der Waals surface area contributed by atoms with E-state index in [9.17, 15) is 5.26 Å². The average molecular weight is 349 g/mol. The summed E-state index contributed by atoms with van der Waals surface area (Å²) in [6.07, 6.45) is 3.27. The minimum atomic E-state index is 0.612. The molecule has 0 radical (unpaired) electrons. The molecule has 2 aromatic heterocycles. The van der Waals surface area contributed by atoms with Crippen LogP contribution < -0.4 is 0 Å². The van der Waals surface area contributed by atoms with Gasteiger partial charge in [-0.2, -0.15) is 10.4 Å². The van der Waals surface area contributed by atoms with Crippen LogP contribution in [0.3, 0.4) is 0 Å². The number of pyridine rings is 1. The number of aryl methyl sites for hydroxylation is 1. The van der Waals surface area contributed by atoms with Gasteiger partial charge in [0.05, 0.1) is 15.7 Å². The first-order valence-corrected chi connectivity index (χ1v) is 7.89. The lowest BCUT2D eigenvalue weighted by molar-refractivity contribution is 0.817. The zero-order chi connectivity index (χ0) is 14.5. The normalized spacial score (nSPS) is 10.3. The quantitative estimate of drug-likeness (QED) is 0.841. The highest BCUT2D eigenvalue weighted by atomic mass is 79.9. The summed E-state index contributed by atoms with van der Waals surface area (Å²) in [6, 6.07) is 6.03. The number of aromatic nitrogens is 3. The molecule has 0 saturated carbocycles. The number of nitriles is 1. The Morgan fingerprint density at radius 3 is 2.65 bits per heavy atom. The second kappa shape index (κ2) is 6.82. The van der Waals surface area contributed by atoms with E-state index in [0.29, 0.717) is 10.6 Å². The molecule has 2 aromatic rings. The lowest BCUT2D eigenvalue weighted by Crippen LogP contribution is -2.04. The minimum absolute atomic E-state index is 0.612. The smallest absolute Gasteiger partial charge is 0.143 e. The summed E-state index contributed by atoms with van der Waals surface area (Å²) >= 11 is 4.81. The van der Waals surface area contributed by atoms with Crippen LogP contribution in [0, 0.1) is 11.3 Å². The maximum absolute atomic E-state index is 9.43. The number of halogens is 1. The van der Waals surface area contributed by atoms with Gasteiger partial charge in [-0.25, -0.2) is 4.98 Å². The fraction of sp³-hybridized carbons (Fsp3) is 0.286. The van der Waals surface area contributed by atoms with Gasteiger partial charge >= 0.3 is 0 Å². The van der Waals surface area contributed by atoms with Gasteiger partial charge in [0.25, 0.3) is 0 Å². The summed E-state index contributed by atoms with van der Waals surface area (Å²) in [6.45, 7) is 4.05. The molecule has 0 spiro atoms. The van der Waals surface area contributed by atoms with Crippen molar-refractivity contribution in [1.29, 1.82) is 5.26 Å². The van der Waals surface area contributed by atoms with Crippen molar-refractivity contribution in [3.63, 3.8) is 0 Å². The first-order valence-electron chi connectivity index (χ1n) is 6.28. The second-order valence-corrected chi connectivity index (χ2v) is 5.85. The third-order valence-electron chi connectivity index (χ3n) is 2.84. The van der Waals surface area contributed by atoms with Gasteiger partial charge in [0, 0.05) is 6.20 Å². The Hall–Kier alpha value is -1.45. The molecule has 0 amide bonds. The molecule has 4 nitrogen and oxygen atoms in total. The Morgan fingerprint density at radius 2 is 2.05 bits per heavy atom. The van der Waals surface area contributed by atoms with Crippen molar-refractivity contribution in [2.24, 2.45) is 0 Å². The van der Waals surface area contributed by atoms with Crippen LogP contribution in [-0.2, 0) is 12.8 Å². The van der Waals surface area contributed by atoms with E-state index in [4.69, 9.17) is 0 Å². The Kier molecular flexibility index (Phi) is 5.10. The standard InChI is InChI=1S/C14H13BrN4S/c1-3-9-10(8-16)13(19-18-12(9)4-2)20-14-11(15)6-5-7-17-14/h5-7H,3-4H2,1-2H3. The van der Waals surface area contributed by atoms with Gasteiger partial charge in [0.15, 0.2) is 0 Å². The monoisotopic (exact) mass is 348 g/mol. The van der Waals surface area contributed by atoms with Gasteiger partial charge in [-0.1, -0.05) is 13.8 Å². The molecule has 0 aromatic carbocycles. The van der Waals surface area contributed by atoms with Crippen molar-refractivity contribution in [3.05, 3.63) is 39.6 Å². The molecule has 20 heavy (non-hydrogen) atoms. The lowest BCUT2D eigenvalue weighted by atomic mass is 10.1. The van der Waals surface area contributed by atoms with E-state index in [1.807, 2.05) is 26.0 Å². The summed E-state index contributed by atoms with van der Waals surface area (Å²) in [7, 11) is 0. The van der Waals surface area contributed by atoms with Crippen molar-refractivity contribution >= 4 is 27.7 Å². The summed E-state index contributed by atoms with van der Waals surface area (Å²) in [5, 5.41) is 19.3.